The molecule has 0 aliphatic rings. The van der Waals surface area contributed by atoms with Crippen molar-refractivity contribution in [2.75, 3.05) is 0 Å². The van der Waals surface area contributed by atoms with Gasteiger partial charge in [0.1, 0.15) is 17.4 Å². The first-order valence-corrected chi connectivity index (χ1v) is 13.2. The molecule has 3 aromatic carbocycles. The predicted molar refractivity (Wildman–Crippen MR) is 149 cm³/mol. The largest absolute Gasteiger partial charge is 0.483 e. The number of nitrogens with one attached hydrogen (secondary N) is 1. The highest BCUT2D eigenvalue weighted by molar-refractivity contribution is 5.83. The number of H-pyrrole nitrogens is 1. The van der Waals surface area contributed by atoms with Gasteiger partial charge < -0.3 is 9.72 Å². The van der Waals surface area contributed by atoms with Gasteiger partial charge in [0.25, 0.3) is 0 Å². The molecule has 0 radical (unpaired) electrons. The van der Waals surface area contributed by atoms with Crippen LogP contribution in [0, 0.1) is 0 Å². The Morgan fingerprint density at radius 1 is 0.892 bits per heavy atom. The van der Waals surface area contributed by atoms with Crippen molar-refractivity contribution in [3.8, 4) is 5.75 Å². The van der Waals surface area contributed by atoms with Crippen LogP contribution in [-0.2, 0) is 11.2 Å². The average Bonchev–Trinajstić information content (AvgIpc) is 3.40. The fourth-order valence-electron chi connectivity index (χ4n) is 4.69. The van der Waals surface area contributed by atoms with E-state index in [1.54, 1.807) is 0 Å². The predicted octanol–water partition coefficient (Wildman–Crippen LogP) is 7.75. The number of benzene rings is 3. The van der Waals surface area contributed by atoms with Crippen molar-refractivity contribution < 1.29 is 9.53 Å². The van der Waals surface area contributed by atoms with Crippen molar-refractivity contribution in [3.63, 3.8) is 0 Å². The van der Waals surface area contributed by atoms with Gasteiger partial charge in [-0.2, -0.15) is 0 Å². The summed E-state index contributed by atoms with van der Waals surface area (Å²) in [6.07, 6.45) is 7.38. The maximum absolute atomic E-state index is 11.7. The second-order valence-corrected chi connectivity index (χ2v) is 9.57. The highest BCUT2D eigenvalue weighted by Gasteiger charge is 2.18. The van der Waals surface area contributed by atoms with E-state index in [1.165, 1.54) is 5.39 Å². The first-order chi connectivity index (χ1) is 18.2. The number of pyridine rings is 1. The minimum absolute atomic E-state index is 0.193. The van der Waals surface area contributed by atoms with Crippen molar-refractivity contribution in [2.45, 2.75) is 58.0 Å². The molecular weight excluding hydrogens is 458 g/mol. The van der Waals surface area contributed by atoms with Crippen LogP contribution in [0.5, 0.6) is 5.75 Å². The Morgan fingerprint density at radius 2 is 1.68 bits per heavy atom. The average molecular weight is 492 g/mol. The van der Waals surface area contributed by atoms with Crippen molar-refractivity contribution in [3.05, 3.63) is 102 Å². The molecule has 1 unspecified atom stereocenters. The lowest BCUT2D eigenvalue weighted by Crippen LogP contribution is -2.10. The van der Waals surface area contributed by atoms with Crippen LogP contribution in [0.2, 0.25) is 0 Å². The summed E-state index contributed by atoms with van der Waals surface area (Å²) in [4.78, 5) is 24.7. The van der Waals surface area contributed by atoms with E-state index in [0.29, 0.717) is 25.0 Å². The normalized spacial score (nSPS) is 12.1. The van der Waals surface area contributed by atoms with Gasteiger partial charge in [0, 0.05) is 42.2 Å². The number of ketones is 1. The minimum Gasteiger partial charge on any atom is -0.483 e. The zero-order chi connectivity index (χ0) is 25.5. The van der Waals surface area contributed by atoms with Gasteiger partial charge in [-0.25, -0.2) is 4.98 Å². The molecule has 0 aliphatic heterocycles. The van der Waals surface area contributed by atoms with Crippen LogP contribution in [0.4, 0.5) is 0 Å². The molecule has 188 valence electrons. The van der Waals surface area contributed by atoms with E-state index < -0.39 is 0 Å². The topological polar surface area (TPSA) is 67.9 Å². The first kappa shape index (κ1) is 24.7. The highest BCUT2D eigenvalue weighted by atomic mass is 16.5. The number of aromatic amines is 1. The fourth-order valence-corrected chi connectivity index (χ4v) is 4.69. The number of ether oxygens (including phenoxy) is 1. The number of carbonyl (C=O) groups is 1. The number of imidazole rings is 1. The van der Waals surface area contributed by atoms with E-state index in [4.69, 9.17) is 14.7 Å². The Labute approximate surface area is 217 Å². The van der Waals surface area contributed by atoms with Crippen molar-refractivity contribution in [2.24, 2.45) is 0 Å². The molecule has 5 rings (SSSR count). The third-order valence-electron chi connectivity index (χ3n) is 6.80. The lowest BCUT2D eigenvalue weighted by atomic mass is 10.1. The van der Waals surface area contributed by atoms with Gasteiger partial charge in [0.15, 0.2) is 6.10 Å². The van der Waals surface area contributed by atoms with E-state index in [9.17, 15) is 4.79 Å². The number of nitrogens with zero attached hydrogens (tertiary/aromatic N) is 2. The Kier molecular flexibility index (Phi) is 7.90. The van der Waals surface area contributed by atoms with E-state index >= 15 is 0 Å². The lowest BCUT2D eigenvalue weighted by molar-refractivity contribution is -0.118. The van der Waals surface area contributed by atoms with Crippen LogP contribution < -0.4 is 4.74 Å². The van der Waals surface area contributed by atoms with Crippen LogP contribution in [0.1, 0.15) is 68.8 Å². The maximum Gasteiger partial charge on any atom is 0.156 e. The number of para-hydroxylation sites is 1. The molecule has 0 fully saturated rings. The number of Topliss-reactive ketones (excluding diaryl/α,β-unsaturated/α-hetero) is 1. The number of hydrogen-bond acceptors (Lipinski definition) is 4. The quantitative estimate of drug-likeness (QED) is 0.181. The summed E-state index contributed by atoms with van der Waals surface area (Å²) < 4.78 is 6.50. The van der Waals surface area contributed by atoms with Crippen LogP contribution in [0.3, 0.4) is 0 Å². The molecular formula is C32H33N3O2. The van der Waals surface area contributed by atoms with Crippen LogP contribution in [-0.4, -0.2) is 20.7 Å². The van der Waals surface area contributed by atoms with Gasteiger partial charge in [-0.05, 0) is 54.3 Å². The summed E-state index contributed by atoms with van der Waals surface area (Å²) in [5.74, 6) is 1.99. The maximum atomic E-state index is 11.7. The monoisotopic (exact) mass is 491 g/mol. The number of unbranched alkanes of at least 4 members (excludes halogenated alkanes) is 2. The first-order valence-electron chi connectivity index (χ1n) is 13.2. The van der Waals surface area contributed by atoms with Gasteiger partial charge >= 0.3 is 0 Å². The minimum atomic E-state index is -0.193. The number of fused-ring (bicyclic) bond motifs is 2. The number of hydrogen-bond donors (Lipinski definition) is 1. The van der Waals surface area contributed by atoms with Gasteiger partial charge in [0.2, 0.25) is 0 Å². The SMILES string of the molecule is CCC(=O)CCCCCC(Oc1ccc2ccccc2c1)c1ncc(Cc2ccc3ccccc3n2)[nH]1. The zero-order valence-corrected chi connectivity index (χ0v) is 21.3. The van der Waals surface area contributed by atoms with Gasteiger partial charge in [0.05, 0.1) is 5.52 Å². The van der Waals surface area contributed by atoms with Gasteiger partial charge in [-0.15, -0.1) is 0 Å². The van der Waals surface area contributed by atoms with E-state index in [1.807, 2.05) is 49.5 Å². The molecule has 5 nitrogen and oxygen atoms in total. The molecule has 5 aromatic rings. The molecule has 1 atom stereocenters. The molecule has 0 saturated carbocycles. The number of rotatable bonds is 12. The number of aromatic nitrogens is 3. The summed E-state index contributed by atoms with van der Waals surface area (Å²) in [7, 11) is 0. The Balaban J connectivity index is 1.31. The molecule has 0 bridgehead atoms. The molecule has 0 spiro atoms. The summed E-state index contributed by atoms with van der Waals surface area (Å²) in [6.45, 7) is 1.93. The molecule has 0 aliphatic carbocycles. The summed E-state index contributed by atoms with van der Waals surface area (Å²) in [5, 5.41) is 3.48. The summed E-state index contributed by atoms with van der Waals surface area (Å²) >= 11 is 0. The molecule has 0 saturated heterocycles. The Bertz CT molecular complexity index is 1490. The second kappa shape index (κ2) is 11.8. The van der Waals surface area contributed by atoms with Crippen LogP contribution in [0.25, 0.3) is 21.7 Å². The zero-order valence-electron chi connectivity index (χ0n) is 21.3. The lowest BCUT2D eigenvalue weighted by Gasteiger charge is -2.18. The Morgan fingerprint density at radius 3 is 2.54 bits per heavy atom. The third-order valence-corrected chi connectivity index (χ3v) is 6.80. The van der Waals surface area contributed by atoms with Crippen LogP contribution >= 0.6 is 0 Å². The number of carbonyl (C=O) groups excluding carboxylic acids is 1. The summed E-state index contributed by atoms with van der Waals surface area (Å²) in [5.41, 5.74) is 3.01. The molecule has 5 heteroatoms. The highest BCUT2D eigenvalue weighted by Crippen LogP contribution is 2.28. The molecule has 1 N–H and O–H groups in total. The molecule has 2 heterocycles. The van der Waals surface area contributed by atoms with Gasteiger partial charge in [-0.3, -0.25) is 9.78 Å². The van der Waals surface area contributed by atoms with Crippen LogP contribution in [0.15, 0.2) is 85.1 Å². The van der Waals surface area contributed by atoms with E-state index in [-0.39, 0.29) is 6.10 Å². The summed E-state index contributed by atoms with van der Waals surface area (Å²) in [6, 6.07) is 26.9. The molecule has 2 aromatic heterocycles. The van der Waals surface area contributed by atoms with Crippen molar-refractivity contribution in [1.82, 2.24) is 15.0 Å². The molecule has 0 amide bonds. The second-order valence-electron chi connectivity index (χ2n) is 9.57. The Hall–Kier alpha value is -3.99. The smallest absolute Gasteiger partial charge is 0.156 e. The molecule has 37 heavy (non-hydrogen) atoms. The van der Waals surface area contributed by atoms with Gasteiger partial charge in [-0.1, -0.05) is 67.9 Å². The fraction of sp³-hybridized carbons (Fsp3) is 0.281. The van der Waals surface area contributed by atoms with Crippen molar-refractivity contribution >= 4 is 27.5 Å². The third kappa shape index (κ3) is 6.42. The van der Waals surface area contributed by atoms with Crippen molar-refractivity contribution in [1.29, 1.82) is 0 Å². The van der Waals surface area contributed by atoms with E-state index in [2.05, 4.69) is 47.4 Å². The van der Waals surface area contributed by atoms with E-state index in [0.717, 1.165) is 64.9 Å². The standard InChI is InChI=1S/C32H33N3O2/c1-2-28(36)13-4-3-5-15-31(37-29-19-17-23-10-6-7-12-25(23)20-29)32-33-22-27(35-32)21-26-18-16-24-11-8-9-14-30(24)34-26/h6-12,14,16-20,22,31H,2-5,13,15,21H2,1H3,(H,33,35).